The summed E-state index contributed by atoms with van der Waals surface area (Å²) in [5.41, 5.74) is 0. The Morgan fingerprint density at radius 3 is 2.60 bits per heavy atom. The third kappa shape index (κ3) is 5.34. The zero-order valence-electron chi connectivity index (χ0n) is 14.1. The predicted octanol–water partition coefficient (Wildman–Crippen LogP) is 2.57. The number of nitrogens with one attached hydrogen (secondary N) is 1. The van der Waals surface area contributed by atoms with Crippen molar-refractivity contribution in [1.82, 2.24) is 5.32 Å². The van der Waals surface area contributed by atoms with Crippen LogP contribution in [0.25, 0.3) is 10.8 Å². The van der Waals surface area contributed by atoms with E-state index in [1.165, 1.54) is 14.0 Å². The van der Waals surface area contributed by atoms with Crippen LogP contribution in [0.15, 0.2) is 36.4 Å². The van der Waals surface area contributed by atoms with Crippen molar-refractivity contribution in [3.05, 3.63) is 41.4 Å². The van der Waals surface area contributed by atoms with Crippen molar-refractivity contribution in [2.75, 3.05) is 26.9 Å². The van der Waals surface area contributed by atoms with Crippen LogP contribution >= 0.6 is 11.6 Å². The van der Waals surface area contributed by atoms with E-state index in [4.69, 9.17) is 25.8 Å². The number of esters is 1. The number of methoxy groups -OCH3 is 1. The summed E-state index contributed by atoms with van der Waals surface area (Å²) in [6.45, 7) is 1.93. The number of ether oxygens (including phenoxy) is 3. The largest absolute Gasteiger partial charge is 0.481 e. The molecule has 0 bridgehead atoms. The lowest BCUT2D eigenvalue weighted by Gasteiger charge is -2.14. The molecule has 0 spiro atoms. The molecule has 7 heteroatoms. The van der Waals surface area contributed by atoms with Crippen LogP contribution in [-0.2, 0) is 19.1 Å². The third-order valence-corrected chi connectivity index (χ3v) is 3.79. The molecule has 0 unspecified atom stereocenters. The van der Waals surface area contributed by atoms with Crippen LogP contribution in [0.2, 0.25) is 5.02 Å². The molecule has 1 N–H and O–H groups in total. The van der Waals surface area contributed by atoms with Gasteiger partial charge < -0.3 is 19.5 Å². The van der Waals surface area contributed by atoms with Gasteiger partial charge in [0, 0.05) is 29.4 Å². The summed E-state index contributed by atoms with van der Waals surface area (Å²) in [6, 6.07) is 10.9. The van der Waals surface area contributed by atoms with Crippen molar-refractivity contribution in [3.63, 3.8) is 0 Å². The van der Waals surface area contributed by atoms with Crippen LogP contribution in [0.4, 0.5) is 0 Å². The highest BCUT2D eigenvalue weighted by Crippen LogP contribution is 2.31. The van der Waals surface area contributed by atoms with E-state index in [9.17, 15) is 9.59 Å². The topological polar surface area (TPSA) is 73.9 Å². The van der Waals surface area contributed by atoms with Crippen LogP contribution in [0.1, 0.15) is 6.92 Å². The molecule has 6 nitrogen and oxygen atoms in total. The molecule has 0 aliphatic rings. The van der Waals surface area contributed by atoms with E-state index < -0.39 is 12.1 Å². The van der Waals surface area contributed by atoms with Crippen LogP contribution < -0.4 is 10.1 Å². The van der Waals surface area contributed by atoms with Crippen LogP contribution in [0, 0.1) is 0 Å². The second-order valence-corrected chi connectivity index (χ2v) is 5.70. The van der Waals surface area contributed by atoms with Crippen LogP contribution in [-0.4, -0.2) is 44.8 Å². The third-order valence-electron chi connectivity index (χ3n) is 3.46. The number of benzene rings is 2. The molecule has 0 saturated carbocycles. The molecule has 2 rings (SSSR count). The maximum absolute atomic E-state index is 11.9. The average Bonchev–Trinajstić information content (AvgIpc) is 2.61. The van der Waals surface area contributed by atoms with E-state index in [2.05, 4.69) is 5.32 Å². The van der Waals surface area contributed by atoms with Gasteiger partial charge in [0.2, 0.25) is 0 Å². The fourth-order valence-electron chi connectivity index (χ4n) is 2.20. The van der Waals surface area contributed by atoms with Crippen molar-refractivity contribution in [3.8, 4) is 5.75 Å². The Balaban J connectivity index is 1.90. The quantitative estimate of drug-likeness (QED) is 0.575. The molecule has 0 saturated heterocycles. The molecule has 1 amide bonds. The van der Waals surface area contributed by atoms with E-state index in [0.717, 1.165) is 10.8 Å². The molecule has 0 aliphatic carbocycles. The first-order valence-electron chi connectivity index (χ1n) is 7.79. The van der Waals surface area contributed by atoms with Gasteiger partial charge in [-0.05, 0) is 19.1 Å². The molecule has 0 fully saturated rings. The first-order chi connectivity index (χ1) is 12.0. The summed E-state index contributed by atoms with van der Waals surface area (Å²) in [6.07, 6.45) is -0.907. The standard InChI is InChI=1S/C18H20ClNO5/c1-12(18(22)20-9-10-23-2)25-17(21)11-24-16-8-7-15(19)13-5-3-4-6-14(13)16/h3-8,12H,9-11H2,1-2H3,(H,20,22)/t12-/m0/s1. The Labute approximate surface area is 151 Å². The highest BCUT2D eigenvalue weighted by atomic mass is 35.5. The molecule has 134 valence electrons. The van der Waals surface area contributed by atoms with Crippen LogP contribution in [0.3, 0.4) is 0 Å². The molecule has 0 heterocycles. The lowest BCUT2D eigenvalue weighted by molar-refractivity contribution is -0.156. The summed E-state index contributed by atoms with van der Waals surface area (Å²) < 4.78 is 15.4. The van der Waals surface area contributed by atoms with E-state index >= 15 is 0 Å². The average molecular weight is 366 g/mol. The molecular weight excluding hydrogens is 346 g/mol. The fraction of sp³-hybridized carbons (Fsp3) is 0.333. The minimum absolute atomic E-state index is 0.304. The van der Waals surface area contributed by atoms with Gasteiger partial charge in [-0.1, -0.05) is 35.9 Å². The van der Waals surface area contributed by atoms with Crippen molar-refractivity contribution in [1.29, 1.82) is 0 Å². The predicted molar refractivity (Wildman–Crippen MR) is 94.9 cm³/mol. The van der Waals surface area contributed by atoms with Crippen molar-refractivity contribution in [2.24, 2.45) is 0 Å². The lowest BCUT2D eigenvalue weighted by atomic mass is 10.1. The number of hydrogen-bond acceptors (Lipinski definition) is 5. The zero-order valence-corrected chi connectivity index (χ0v) is 14.8. The Morgan fingerprint density at radius 2 is 1.88 bits per heavy atom. The summed E-state index contributed by atoms with van der Waals surface area (Å²) in [5.74, 6) is -0.495. The van der Waals surface area contributed by atoms with Crippen LogP contribution in [0.5, 0.6) is 5.75 Å². The van der Waals surface area contributed by atoms with Crippen molar-refractivity contribution >= 4 is 34.2 Å². The maximum atomic E-state index is 11.9. The molecular formula is C18H20ClNO5. The Hall–Kier alpha value is -2.31. The highest BCUT2D eigenvalue weighted by Gasteiger charge is 2.18. The van der Waals surface area contributed by atoms with Gasteiger partial charge in [0.05, 0.1) is 6.61 Å². The highest BCUT2D eigenvalue weighted by molar-refractivity contribution is 6.35. The number of carbonyl (C=O) groups excluding carboxylic acids is 2. The number of halogens is 1. The Bertz CT molecular complexity index is 749. The number of carbonyl (C=O) groups is 2. The van der Waals surface area contributed by atoms with Crippen molar-refractivity contribution in [2.45, 2.75) is 13.0 Å². The lowest BCUT2D eigenvalue weighted by Crippen LogP contribution is -2.38. The van der Waals surface area contributed by atoms with E-state index in [0.29, 0.717) is 23.9 Å². The zero-order chi connectivity index (χ0) is 18.2. The van der Waals surface area contributed by atoms with Crippen molar-refractivity contribution < 1.29 is 23.8 Å². The van der Waals surface area contributed by atoms with E-state index in [1.54, 1.807) is 12.1 Å². The maximum Gasteiger partial charge on any atom is 0.344 e. The summed E-state index contributed by atoms with van der Waals surface area (Å²) in [5, 5.41) is 4.83. The first-order valence-corrected chi connectivity index (χ1v) is 8.17. The molecule has 0 aliphatic heterocycles. The molecule has 0 radical (unpaired) electrons. The minimum Gasteiger partial charge on any atom is -0.481 e. The van der Waals surface area contributed by atoms with Gasteiger partial charge in [0.25, 0.3) is 5.91 Å². The molecule has 25 heavy (non-hydrogen) atoms. The van der Waals surface area contributed by atoms with Gasteiger partial charge >= 0.3 is 5.97 Å². The van der Waals surface area contributed by atoms with Gasteiger partial charge in [0.15, 0.2) is 12.7 Å². The van der Waals surface area contributed by atoms with Gasteiger partial charge in [0.1, 0.15) is 5.75 Å². The number of fused-ring (bicyclic) bond motifs is 1. The smallest absolute Gasteiger partial charge is 0.344 e. The Kier molecular flexibility index (Phi) is 7.03. The number of hydrogen-bond donors (Lipinski definition) is 1. The molecule has 0 aromatic heterocycles. The minimum atomic E-state index is -0.907. The SMILES string of the molecule is COCCNC(=O)[C@H](C)OC(=O)COc1ccc(Cl)c2ccccc12. The van der Waals surface area contributed by atoms with E-state index in [-0.39, 0.29) is 12.5 Å². The van der Waals surface area contributed by atoms with Gasteiger partial charge in [-0.2, -0.15) is 0 Å². The van der Waals surface area contributed by atoms with Gasteiger partial charge in [-0.15, -0.1) is 0 Å². The summed E-state index contributed by atoms with van der Waals surface area (Å²) in [7, 11) is 1.54. The second-order valence-electron chi connectivity index (χ2n) is 5.30. The van der Waals surface area contributed by atoms with E-state index in [1.807, 2.05) is 24.3 Å². The van der Waals surface area contributed by atoms with Gasteiger partial charge in [-0.3, -0.25) is 4.79 Å². The number of rotatable bonds is 8. The Morgan fingerprint density at radius 1 is 1.16 bits per heavy atom. The first kappa shape index (κ1) is 19.0. The number of amides is 1. The molecule has 2 aromatic carbocycles. The summed E-state index contributed by atoms with van der Waals surface area (Å²) >= 11 is 6.15. The molecule has 1 atom stereocenters. The summed E-state index contributed by atoms with van der Waals surface area (Å²) in [4.78, 5) is 23.6. The molecule has 2 aromatic rings. The van der Waals surface area contributed by atoms with Gasteiger partial charge in [-0.25, -0.2) is 4.79 Å². The second kappa shape index (κ2) is 9.25. The normalized spacial score (nSPS) is 11.8. The fourth-order valence-corrected chi connectivity index (χ4v) is 2.43. The monoisotopic (exact) mass is 365 g/mol.